The largest absolute Gasteiger partial charge is 0.456 e. The van der Waals surface area contributed by atoms with Crippen LogP contribution in [0.5, 0.6) is 0 Å². The van der Waals surface area contributed by atoms with Gasteiger partial charge in [0.2, 0.25) is 0 Å². The highest BCUT2D eigenvalue weighted by molar-refractivity contribution is 6.17. The molecule has 330 valence electrons. The molecular weight excluding hydrogens is 867 g/mol. The van der Waals surface area contributed by atoms with Gasteiger partial charge in [-0.05, 0) is 108 Å². The van der Waals surface area contributed by atoms with Gasteiger partial charge in [-0.3, -0.25) is 4.98 Å². The van der Waals surface area contributed by atoms with Crippen molar-refractivity contribution in [1.29, 1.82) is 0 Å². The molecule has 0 bridgehead atoms. The first-order chi connectivity index (χ1) is 35.2. The van der Waals surface area contributed by atoms with E-state index in [2.05, 4.69) is 243 Å². The van der Waals surface area contributed by atoms with Crippen LogP contribution in [0.25, 0.3) is 143 Å². The van der Waals surface area contributed by atoms with Gasteiger partial charge in [-0.2, -0.15) is 0 Å². The van der Waals surface area contributed by atoms with Gasteiger partial charge < -0.3 is 22.7 Å². The van der Waals surface area contributed by atoms with E-state index in [4.69, 9.17) is 9.40 Å². The van der Waals surface area contributed by atoms with E-state index in [1.165, 1.54) is 65.2 Å². The number of hydrogen-bond acceptors (Lipinski definition) is 2. The third-order valence-corrected chi connectivity index (χ3v) is 15.0. The van der Waals surface area contributed by atoms with Crippen LogP contribution in [0.15, 0.2) is 241 Å². The molecule has 0 radical (unpaired) electrons. The Labute approximate surface area is 405 Å². The lowest BCUT2D eigenvalue weighted by Gasteiger charge is -2.13. The first-order valence-corrected chi connectivity index (χ1v) is 24.2. The van der Waals surface area contributed by atoms with Crippen LogP contribution < -0.4 is 0 Å². The van der Waals surface area contributed by atoms with Crippen LogP contribution in [0.1, 0.15) is 0 Å². The van der Waals surface area contributed by atoms with Crippen LogP contribution >= 0.6 is 0 Å². The number of para-hydroxylation sites is 6. The Balaban J connectivity index is 0.837. The average Bonchev–Trinajstić information content (AvgIpc) is 4.23. The molecule has 0 unspecified atom stereocenters. The molecule has 0 atom stereocenters. The predicted octanol–water partition coefficient (Wildman–Crippen LogP) is 17.0. The van der Waals surface area contributed by atoms with Crippen LogP contribution in [0.4, 0.5) is 0 Å². The molecule has 0 N–H and O–H groups in total. The van der Waals surface area contributed by atoms with Gasteiger partial charge in [-0.25, -0.2) is 0 Å². The van der Waals surface area contributed by atoms with E-state index in [-0.39, 0.29) is 0 Å². The molecule has 6 heterocycles. The summed E-state index contributed by atoms with van der Waals surface area (Å²) >= 11 is 0. The Morgan fingerprint density at radius 2 is 0.676 bits per heavy atom. The lowest BCUT2D eigenvalue weighted by atomic mass is 10.0. The highest BCUT2D eigenvalue weighted by Gasteiger charge is 2.22. The first kappa shape index (κ1) is 38.3. The van der Waals surface area contributed by atoms with E-state index in [1.54, 1.807) is 0 Å². The summed E-state index contributed by atoms with van der Waals surface area (Å²) in [7, 11) is 0. The molecule has 0 saturated carbocycles. The van der Waals surface area contributed by atoms with Crippen LogP contribution in [0, 0.1) is 0 Å². The minimum absolute atomic E-state index is 0.874. The third kappa shape index (κ3) is 5.38. The number of nitrogens with zero attached hydrogens (tertiary/aromatic N) is 5. The summed E-state index contributed by atoms with van der Waals surface area (Å²) in [4.78, 5) is 4.99. The van der Waals surface area contributed by atoms with E-state index >= 15 is 0 Å². The van der Waals surface area contributed by atoms with E-state index in [9.17, 15) is 0 Å². The molecule has 6 aromatic heterocycles. The van der Waals surface area contributed by atoms with Gasteiger partial charge in [0.05, 0.1) is 73.6 Å². The number of furan rings is 1. The highest BCUT2D eigenvalue weighted by atomic mass is 16.3. The lowest BCUT2D eigenvalue weighted by molar-refractivity contribution is 0.669. The number of hydrogen-bond donors (Lipinski definition) is 0. The smallest absolute Gasteiger partial charge is 0.135 e. The number of pyridine rings is 1. The van der Waals surface area contributed by atoms with Crippen molar-refractivity contribution in [3.8, 4) is 33.9 Å². The zero-order valence-electron chi connectivity index (χ0n) is 38.2. The summed E-state index contributed by atoms with van der Waals surface area (Å²) < 4.78 is 16.0. The van der Waals surface area contributed by atoms with Gasteiger partial charge in [-0.15, -0.1) is 0 Å². The number of rotatable bonds is 5. The summed E-state index contributed by atoms with van der Waals surface area (Å²) in [6, 6.07) is 81.3. The zero-order valence-corrected chi connectivity index (χ0v) is 38.2. The van der Waals surface area contributed by atoms with E-state index in [1.807, 2.05) is 12.4 Å². The van der Waals surface area contributed by atoms with Crippen LogP contribution in [-0.4, -0.2) is 23.3 Å². The second-order valence-corrected chi connectivity index (χ2v) is 18.7. The maximum Gasteiger partial charge on any atom is 0.135 e. The molecule has 0 aliphatic heterocycles. The van der Waals surface area contributed by atoms with Crippen LogP contribution in [-0.2, 0) is 0 Å². The molecule has 16 rings (SSSR count). The van der Waals surface area contributed by atoms with E-state index < -0.39 is 0 Å². The van der Waals surface area contributed by atoms with Crippen molar-refractivity contribution >= 4 is 109 Å². The van der Waals surface area contributed by atoms with Gasteiger partial charge in [0, 0.05) is 59.5 Å². The maximum atomic E-state index is 6.49. The Hall–Kier alpha value is -9.65. The molecule has 0 aliphatic rings. The summed E-state index contributed by atoms with van der Waals surface area (Å²) in [5.41, 5.74) is 17.6. The van der Waals surface area contributed by atoms with Gasteiger partial charge in [0.15, 0.2) is 0 Å². The first-order valence-electron chi connectivity index (χ1n) is 24.2. The number of fused-ring (bicyclic) bond motifs is 15. The molecule has 0 amide bonds. The van der Waals surface area contributed by atoms with Crippen molar-refractivity contribution in [2.45, 2.75) is 0 Å². The maximum absolute atomic E-state index is 6.49. The number of benzene rings is 10. The average molecular weight is 906 g/mol. The molecule has 16 aromatic rings. The second-order valence-electron chi connectivity index (χ2n) is 18.7. The van der Waals surface area contributed by atoms with Crippen molar-refractivity contribution in [3.63, 3.8) is 0 Å². The van der Waals surface area contributed by atoms with Gasteiger partial charge in [0.1, 0.15) is 11.2 Å². The van der Waals surface area contributed by atoms with Crippen molar-refractivity contribution in [2.24, 2.45) is 0 Å². The van der Waals surface area contributed by atoms with E-state index in [0.29, 0.717) is 0 Å². The predicted molar refractivity (Wildman–Crippen MR) is 294 cm³/mol. The minimum atomic E-state index is 0.874. The molecular formula is C65H39N5O. The van der Waals surface area contributed by atoms with Crippen molar-refractivity contribution in [3.05, 3.63) is 237 Å². The lowest BCUT2D eigenvalue weighted by Crippen LogP contribution is -2.00. The van der Waals surface area contributed by atoms with Gasteiger partial charge >= 0.3 is 0 Å². The monoisotopic (exact) mass is 905 g/mol. The quantitative estimate of drug-likeness (QED) is 0.173. The minimum Gasteiger partial charge on any atom is -0.456 e. The fourth-order valence-electron chi connectivity index (χ4n) is 12.0. The highest BCUT2D eigenvalue weighted by Crippen LogP contribution is 2.42. The molecule has 0 spiro atoms. The summed E-state index contributed by atoms with van der Waals surface area (Å²) in [5.74, 6) is 0. The third-order valence-electron chi connectivity index (χ3n) is 15.0. The Morgan fingerprint density at radius 3 is 1.27 bits per heavy atom. The van der Waals surface area contributed by atoms with E-state index in [0.717, 1.165) is 77.9 Å². The van der Waals surface area contributed by atoms with Crippen molar-refractivity contribution in [2.75, 3.05) is 0 Å². The molecule has 0 fully saturated rings. The van der Waals surface area contributed by atoms with Gasteiger partial charge in [0.25, 0.3) is 0 Å². The SMILES string of the molecule is c1ccc2c(c1)c1ccccc1n2-c1ccc2oc3ccc(-c4ccc5c(c4)c4ccccc4n5-c4cncc(-n5c6ccccc6c6c(-n7c8ccccc8c8ccccc87)cccc65)c4)cc3c2c1. The standard InChI is InChI=1S/C65H39N5O/c1-7-20-54-45(14-1)46-15-2-8-21-55(46)67(54)42-30-33-64-53(37-42)52-35-41(29-32-63(52)71-64)40-28-31-60-51(34-40)49-18-5-9-22-56(49)68(60)43-36-44(39-66-38-43)69-59-25-12-6-19-50(59)65-61(69)26-13-27-62(65)70-57-23-10-3-16-47(57)48-17-4-11-24-58(48)70/h1-39H. The van der Waals surface area contributed by atoms with Crippen molar-refractivity contribution < 1.29 is 4.42 Å². The molecule has 6 nitrogen and oxygen atoms in total. The van der Waals surface area contributed by atoms with Crippen LogP contribution in [0.3, 0.4) is 0 Å². The normalized spacial score (nSPS) is 12.2. The molecule has 0 aliphatic carbocycles. The Kier molecular flexibility index (Phi) is 7.79. The topological polar surface area (TPSA) is 45.8 Å². The molecule has 10 aromatic carbocycles. The Bertz CT molecular complexity index is 4790. The molecule has 0 saturated heterocycles. The summed E-state index contributed by atoms with van der Waals surface area (Å²) in [5, 5.41) is 11.9. The van der Waals surface area contributed by atoms with Crippen molar-refractivity contribution in [1.82, 2.24) is 23.3 Å². The summed E-state index contributed by atoms with van der Waals surface area (Å²) in [6.45, 7) is 0. The zero-order chi connectivity index (χ0) is 46.3. The van der Waals surface area contributed by atoms with Crippen LogP contribution in [0.2, 0.25) is 0 Å². The fourth-order valence-corrected chi connectivity index (χ4v) is 12.0. The summed E-state index contributed by atoms with van der Waals surface area (Å²) in [6.07, 6.45) is 3.99. The second kappa shape index (κ2) is 14.4. The Morgan fingerprint density at radius 1 is 0.268 bits per heavy atom. The fraction of sp³-hybridized carbons (Fsp3) is 0. The molecule has 71 heavy (non-hydrogen) atoms. The number of aromatic nitrogens is 5. The van der Waals surface area contributed by atoms with Gasteiger partial charge in [-0.1, -0.05) is 127 Å². The molecule has 6 heteroatoms.